The molecular formula is C42H37NSi. The van der Waals surface area contributed by atoms with Gasteiger partial charge in [-0.1, -0.05) is 142 Å². The fourth-order valence-corrected chi connectivity index (χ4v) is 8.77. The monoisotopic (exact) mass is 583 g/mol. The van der Waals surface area contributed by atoms with Crippen molar-refractivity contribution in [3.63, 3.8) is 0 Å². The fraction of sp³-hybridized carbons (Fsp3) is 0.143. The molecule has 2 heteroatoms. The molecular weight excluding hydrogens is 547 g/mol. The van der Waals surface area contributed by atoms with E-state index in [-0.39, 0.29) is 5.41 Å². The molecule has 0 saturated heterocycles. The first-order valence-corrected chi connectivity index (χ1v) is 19.2. The molecule has 1 aliphatic carbocycles. The predicted octanol–water partition coefficient (Wildman–Crippen LogP) is 11.5. The van der Waals surface area contributed by atoms with Gasteiger partial charge >= 0.3 is 0 Å². The van der Waals surface area contributed by atoms with Crippen LogP contribution in [0.5, 0.6) is 0 Å². The zero-order valence-corrected chi connectivity index (χ0v) is 27.1. The first-order valence-electron chi connectivity index (χ1n) is 15.7. The third-order valence-corrected chi connectivity index (χ3v) is 11.8. The Bertz CT molecular complexity index is 2220. The predicted molar refractivity (Wildman–Crippen MR) is 194 cm³/mol. The van der Waals surface area contributed by atoms with Crippen molar-refractivity contribution in [1.82, 2.24) is 0 Å². The lowest BCUT2D eigenvalue weighted by atomic mass is 9.79. The van der Waals surface area contributed by atoms with Gasteiger partial charge in [0.05, 0.1) is 13.8 Å². The summed E-state index contributed by atoms with van der Waals surface area (Å²) >= 11 is 0. The van der Waals surface area contributed by atoms with E-state index in [1.807, 2.05) is 0 Å². The van der Waals surface area contributed by atoms with E-state index < -0.39 is 8.07 Å². The summed E-state index contributed by atoms with van der Waals surface area (Å²) in [5.74, 6) is 0. The van der Waals surface area contributed by atoms with Crippen molar-refractivity contribution in [3.8, 4) is 11.1 Å². The molecule has 0 N–H and O–H groups in total. The maximum absolute atomic E-state index is 2.50. The fourth-order valence-electron chi connectivity index (χ4n) is 7.60. The summed E-state index contributed by atoms with van der Waals surface area (Å²) in [5.41, 5.74) is 9.01. The molecule has 0 atom stereocenters. The standard InChI is InChI=1S/C42H37NSi/c1-42(2)37-27-38(43(28-15-7-6-8-16-28)29-23-25-30(26-24-29)44(3,4)5)33-19-11-13-21-35(33)39(37)40-34-20-12-9-17-31(34)32-18-10-14-22-36(32)41(40)42/h6-27H,1-5H3. The first-order chi connectivity index (χ1) is 21.2. The van der Waals surface area contributed by atoms with E-state index in [1.165, 1.54) is 76.8 Å². The van der Waals surface area contributed by atoms with Gasteiger partial charge in [-0.05, 0) is 79.5 Å². The molecule has 0 spiro atoms. The first kappa shape index (κ1) is 26.9. The molecule has 0 fully saturated rings. The average Bonchev–Trinajstić information content (AvgIpc) is 3.29. The molecule has 0 heterocycles. The number of benzene rings is 7. The van der Waals surface area contributed by atoms with Crippen LogP contribution in [0.2, 0.25) is 19.6 Å². The van der Waals surface area contributed by atoms with E-state index >= 15 is 0 Å². The average molecular weight is 584 g/mol. The lowest BCUT2D eigenvalue weighted by Gasteiger charge is -2.30. The van der Waals surface area contributed by atoms with Gasteiger partial charge in [0.25, 0.3) is 0 Å². The molecule has 7 aromatic carbocycles. The molecule has 214 valence electrons. The summed E-state index contributed by atoms with van der Waals surface area (Å²) in [4.78, 5) is 2.46. The van der Waals surface area contributed by atoms with Gasteiger partial charge in [-0.2, -0.15) is 0 Å². The Balaban J connectivity index is 1.48. The maximum Gasteiger partial charge on any atom is 0.0775 e. The lowest BCUT2D eigenvalue weighted by molar-refractivity contribution is 0.667. The zero-order chi connectivity index (χ0) is 30.2. The molecule has 1 nitrogen and oxygen atoms in total. The van der Waals surface area contributed by atoms with Gasteiger partial charge in [0.2, 0.25) is 0 Å². The second-order valence-electron chi connectivity index (χ2n) is 13.8. The van der Waals surface area contributed by atoms with Crippen LogP contribution in [0.4, 0.5) is 17.1 Å². The third-order valence-electron chi connectivity index (χ3n) is 9.75. The van der Waals surface area contributed by atoms with Gasteiger partial charge in [0.1, 0.15) is 0 Å². The topological polar surface area (TPSA) is 3.24 Å². The van der Waals surface area contributed by atoms with Gasteiger partial charge < -0.3 is 4.90 Å². The van der Waals surface area contributed by atoms with Crippen LogP contribution in [0.3, 0.4) is 0 Å². The highest BCUT2D eigenvalue weighted by atomic mass is 28.3. The minimum Gasteiger partial charge on any atom is -0.310 e. The normalized spacial score (nSPS) is 13.8. The summed E-state index contributed by atoms with van der Waals surface area (Å²) in [5, 5.41) is 9.41. The molecule has 0 aliphatic heterocycles. The Morgan fingerprint density at radius 1 is 0.477 bits per heavy atom. The summed E-state index contributed by atoms with van der Waals surface area (Å²) in [7, 11) is -1.43. The Morgan fingerprint density at radius 2 is 0.955 bits per heavy atom. The van der Waals surface area contributed by atoms with Crippen LogP contribution in [0.15, 0.2) is 133 Å². The van der Waals surface area contributed by atoms with E-state index in [2.05, 4.69) is 172 Å². The number of fused-ring (bicyclic) bond motifs is 10. The highest BCUT2D eigenvalue weighted by Gasteiger charge is 2.40. The Hall–Kier alpha value is -4.66. The van der Waals surface area contributed by atoms with Crippen molar-refractivity contribution in [2.24, 2.45) is 0 Å². The van der Waals surface area contributed by atoms with Crippen LogP contribution in [-0.4, -0.2) is 8.07 Å². The summed E-state index contributed by atoms with van der Waals surface area (Å²) in [6.45, 7) is 12.1. The number of rotatable bonds is 4. The largest absolute Gasteiger partial charge is 0.310 e. The van der Waals surface area contributed by atoms with E-state index in [9.17, 15) is 0 Å². The van der Waals surface area contributed by atoms with Crippen molar-refractivity contribution in [2.75, 3.05) is 4.90 Å². The Kier molecular flexibility index (Phi) is 5.92. The van der Waals surface area contributed by atoms with E-state index in [0.717, 1.165) is 0 Å². The Labute approximate surface area is 261 Å². The van der Waals surface area contributed by atoms with Crippen LogP contribution in [0.25, 0.3) is 43.4 Å². The highest BCUT2D eigenvalue weighted by Crippen LogP contribution is 2.58. The minimum atomic E-state index is -1.43. The molecule has 0 saturated carbocycles. The second kappa shape index (κ2) is 9.67. The lowest BCUT2D eigenvalue weighted by Crippen LogP contribution is -2.37. The number of anilines is 3. The molecule has 0 radical (unpaired) electrons. The molecule has 0 bridgehead atoms. The molecule has 44 heavy (non-hydrogen) atoms. The number of para-hydroxylation sites is 1. The van der Waals surface area contributed by atoms with Crippen LogP contribution in [0, 0.1) is 0 Å². The SMILES string of the molecule is CC1(C)c2cc(N(c3ccccc3)c3ccc([Si](C)(C)C)cc3)c3ccccc3c2-c2c1c1ccccc1c1ccccc21. The molecule has 8 rings (SSSR count). The van der Waals surface area contributed by atoms with Crippen LogP contribution in [0.1, 0.15) is 25.0 Å². The van der Waals surface area contributed by atoms with Gasteiger partial charge in [-0.3, -0.25) is 0 Å². The van der Waals surface area contributed by atoms with Gasteiger partial charge in [-0.25, -0.2) is 0 Å². The van der Waals surface area contributed by atoms with Crippen molar-refractivity contribution in [1.29, 1.82) is 0 Å². The third kappa shape index (κ3) is 3.91. The molecule has 7 aromatic rings. The van der Waals surface area contributed by atoms with E-state index in [0.29, 0.717) is 0 Å². The summed E-state index contributed by atoms with van der Waals surface area (Å²) in [6.07, 6.45) is 0. The van der Waals surface area contributed by atoms with Gasteiger partial charge in [-0.15, -0.1) is 0 Å². The highest BCUT2D eigenvalue weighted by molar-refractivity contribution is 6.88. The van der Waals surface area contributed by atoms with Crippen molar-refractivity contribution in [2.45, 2.75) is 38.9 Å². The molecule has 0 aromatic heterocycles. The zero-order valence-electron chi connectivity index (χ0n) is 26.1. The Morgan fingerprint density at radius 3 is 1.57 bits per heavy atom. The van der Waals surface area contributed by atoms with Gasteiger partial charge in [0.15, 0.2) is 0 Å². The minimum absolute atomic E-state index is 0.183. The smallest absolute Gasteiger partial charge is 0.0775 e. The number of hydrogen-bond donors (Lipinski definition) is 0. The van der Waals surface area contributed by atoms with Crippen molar-refractivity contribution < 1.29 is 0 Å². The second-order valence-corrected chi connectivity index (χ2v) is 18.9. The molecule has 0 amide bonds. The van der Waals surface area contributed by atoms with Crippen molar-refractivity contribution >= 4 is 62.6 Å². The van der Waals surface area contributed by atoms with Crippen LogP contribution < -0.4 is 10.1 Å². The summed E-state index contributed by atoms with van der Waals surface area (Å²) < 4.78 is 0. The summed E-state index contributed by atoms with van der Waals surface area (Å²) in [6, 6.07) is 49.7. The maximum atomic E-state index is 2.50. The van der Waals surface area contributed by atoms with Crippen LogP contribution >= 0.6 is 0 Å². The van der Waals surface area contributed by atoms with E-state index in [1.54, 1.807) is 0 Å². The van der Waals surface area contributed by atoms with Crippen molar-refractivity contribution in [3.05, 3.63) is 145 Å². The molecule has 0 unspecified atom stereocenters. The van der Waals surface area contributed by atoms with E-state index in [4.69, 9.17) is 0 Å². The molecule has 1 aliphatic rings. The quantitative estimate of drug-likeness (QED) is 0.147. The number of nitrogens with zero attached hydrogens (tertiary/aromatic N) is 1. The van der Waals surface area contributed by atoms with Gasteiger partial charge in [0, 0.05) is 22.2 Å². The number of hydrogen-bond acceptors (Lipinski definition) is 1. The van der Waals surface area contributed by atoms with Crippen LogP contribution in [-0.2, 0) is 5.41 Å².